The van der Waals surface area contributed by atoms with E-state index in [4.69, 9.17) is 20.4 Å². The Morgan fingerprint density at radius 1 is 0.792 bits per heavy atom. The first-order valence-corrected chi connectivity index (χ1v) is 7.62. The molecule has 3 N–H and O–H groups in total. The van der Waals surface area contributed by atoms with Crippen LogP contribution < -0.4 is 10.5 Å². The third kappa shape index (κ3) is 2.27. The first-order valence-electron chi connectivity index (χ1n) is 7.62. The van der Waals surface area contributed by atoms with Crippen LogP contribution in [0.25, 0.3) is 33.5 Å². The molecule has 2 heterocycles. The van der Waals surface area contributed by atoms with Gasteiger partial charge in [0, 0.05) is 11.1 Å². The number of anilines is 1. The standard InChI is InChI=1S/C19H16N4O/c1-24-19-17-16(18(20)23-19)21-14(12-8-4-2-5-9-12)15(22-17)13-10-6-3-7-11-13/h2-11,23H,20H2,1H3. The summed E-state index contributed by atoms with van der Waals surface area (Å²) in [5.41, 5.74) is 10.9. The van der Waals surface area contributed by atoms with Crippen molar-refractivity contribution in [3.05, 3.63) is 60.7 Å². The Hall–Kier alpha value is -3.34. The lowest BCUT2D eigenvalue weighted by Crippen LogP contribution is -1.96. The number of hydrogen-bond acceptors (Lipinski definition) is 4. The molecule has 0 aliphatic heterocycles. The summed E-state index contributed by atoms with van der Waals surface area (Å²) >= 11 is 0. The number of nitrogens with zero attached hydrogens (tertiary/aromatic N) is 2. The van der Waals surface area contributed by atoms with E-state index in [1.807, 2.05) is 60.7 Å². The quantitative estimate of drug-likeness (QED) is 0.601. The molecule has 0 fully saturated rings. The highest BCUT2D eigenvalue weighted by Gasteiger charge is 2.18. The molecule has 2 aromatic carbocycles. The molecule has 0 bridgehead atoms. The number of hydrogen-bond donors (Lipinski definition) is 2. The van der Waals surface area contributed by atoms with Crippen molar-refractivity contribution in [2.45, 2.75) is 0 Å². The second-order valence-corrected chi connectivity index (χ2v) is 5.42. The van der Waals surface area contributed by atoms with Crippen LogP contribution in [0.4, 0.5) is 5.82 Å². The first kappa shape index (κ1) is 14.3. The number of nitrogens with one attached hydrogen (secondary N) is 1. The molecule has 0 spiro atoms. The number of aromatic nitrogens is 3. The van der Waals surface area contributed by atoms with Crippen LogP contribution in [0.3, 0.4) is 0 Å². The van der Waals surface area contributed by atoms with E-state index in [2.05, 4.69) is 4.98 Å². The van der Waals surface area contributed by atoms with Gasteiger partial charge in [0.05, 0.1) is 18.5 Å². The van der Waals surface area contributed by atoms with Gasteiger partial charge in [-0.15, -0.1) is 0 Å². The average molecular weight is 316 g/mol. The van der Waals surface area contributed by atoms with Gasteiger partial charge in [0.1, 0.15) is 11.3 Å². The van der Waals surface area contributed by atoms with E-state index >= 15 is 0 Å². The summed E-state index contributed by atoms with van der Waals surface area (Å²) in [5.74, 6) is 0.970. The zero-order valence-electron chi connectivity index (χ0n) is 13.2. The molecule has 5 nitrogen and oxygen atoms in total. The molecule has 0 unspecified atom stereocenters. The number of rotatable bonds is 3. The highest BCUT2D eigenvalue weighted by atomic mass is 16.5. The molecule has 0 radical (unpaired) electrons. The van der Waals surface area contributed by atoms with E-state index in [0.29, 0.717) is 22.7 Å². The van der Waals surface area contributed by atoms with Gasteiger partial charge in [-0.1, -0.05) is 60.7 Å². The number of benzene rings is 2. The maximum Gasteiger partial charge on any atom is 0.221 e. The summed E-state index contributed by atoms with van der Waals surface area (Å²) in [4.78, 5) is 12.6. The molecule has 4 aromatic rings. The Morgan fingerprint density at radius 2 is 1.29 bits per heavy atom. The van der Waals surface area contributed by atoms with Crippen molar-refractivity contribution in [2.75, 3.05) is 12.8 Å². The maximum absolute atomic E-state index is 6.05. The number of aromatic amines is 1. The molecule has 0 saturated carbocycles. The van der Waals surface area contributed by atoms with Gasteiger partial charge in [0.15, 0.2) is 5.52 Å². The highest BCUT2D eigenvalue weighted by Crippen LogP contribution is 2.35. The number of nitrogen functional groups attached to an aromatic ring is 1. The van der Waals surface area contributed by atoms with Crippen LogP contribution in [0.5, 0.6) is 5.88 Å². The average Bonchev–Trinajstić information content (AvgIpc) is 2.97. The summed E-state index contributed by atoms with van der Waals surface area (Å²) in [5, 5.41) is 0. The van der Waals surface area contributed by atoms with Gasteiger partial charge in [0.25, 0.3) is 0 Å². The third-order valence-electron chi connectivity index (χ3n) is 3.91. The topological polar surface area (TPSA) is 76.8 Å². The Labute approximate surface area is 139 Å². The molecular weight excluding hydrogens is 300 g/mol. The maximum atomic E-state index is 6.05. The van der Waals surface area contributed by atoms with Gasteiger partial charge in [-0.3, -0.25) is 0 Å². The third-order valence-corrected chi connectivity index (χ3v) is 3.91. The van der Waals surface area contributed by atoms with Crippen LogP contribution in [-0.2, 0) is 0 Å². The molecule has 0 saturated heterocycles. The highest BCUT2D eigenvalue weighted by molar-refractivity contribution is 5.95. The van der Waals surface area contributed by atoms with Crippen molar-refractivity contribution < 1.29 is 4.74 Å². The molecule has 4 rings (SSSR count). The van der Waals surface area contributed by atoms with Gasteiger partial charge in [0.2, 0.25) is 5.88 Å². The first-order chi connectivity index (χ1) is 11.8. The minimum Gasteiger partial charge on any atom is -0.481 e. The Kier molecular flexibility index (Phi) is 3.39. The van der Waals surface area contributed by atoms with Crippen LogP contribution in [0.1, 0.15) is 0 Å². The second kappa shape index (κ2) is 5.70. The predicted octanol–water partition coefficient (Wildman–Crippen LogP) is 3.88. The molecule has 118 valence electrons. The van der Waals surface area contributed by atoms with E-state index < -0.39 is 0 Å². The van der Waals surface area contributed by atoms with Gasteiger partial charge < -0.3 is 15.5 Å². The SMILES string of the molecule is COc1[nH]c(N)c2nc(-c3ccccc3)c(-c3ccccc3)nc12. The molecule has 0 atom stereocenters. The van der Waals surface area contributed by atoms with E-state index in [0.717, 1.165) is 22.5 Å². The van der Waals surface area contributed by atoms with Gasteiger partial charge >= 0.3 is 0 Å². The molecule has 5 heteroatoms. The number of fused-ring (bicyclic) bond motifs is 1. The van der Waals surface area contributed by atoms with E-state index in [-0.39, 0.29) is 0 Å². The predicted molar refractivity (Wildman–Crippen MR) is 95.7 cm³/mol. The van der Waals surface area contributed by atoms with Crippen molar-refractivity contribution in [3.8, 4) is 28.4 Å². The largest absolute Gasteiger partial charge is 0.481 e. The molecule has 0 aliphatic rings. The van der Waals surface area contributed by atoms with Crippen LogP contribution in [0.2, 0.25) is 0 Å². The van der Waals surface area contributed by atoms with Crippen molar-refractivity contribution in [2.24, 2.45) is 0 Å². The minimum absolute atomic E-state index is 0.450. The summed E-state index contributed by atoms with van der Waals surface area (Å²) in [6.07, 6.45) is 0. The van der Waals surface area contributed by atoms with Crippen molar-refractivity contribution in [1.82, 2.24) is 15.0 Å². The summed E-state index contributed by atoms with van der Waals surface area (Å²) < 4.78 is 5.35. The second-order valence-electron chi connectivity index (χ2n) is 5.42. The normalized spacial score (nSPS) is 10.9. The lowest BCUT2D eigenvalue weighted by molar-refractivity contribution is 0.404. The number of nitrogens with two attached hydrogens (primary N) is 1. The van der Waals surface area contributed by atoms with Crippen molar-refractivity contribution in [1.29, 1.82) is 0 Å². The Bertz CT molecular complexity index is 994. The van der Waals surface area contributed by atoms with E-state index in [1.165, 1.54) is 0 Å². The molecule has 24 heavy (non-hydrogen) atoms. The van der Waals surface area contributed by atoms with Gasteiger partial charge in [-0.05, 0) is 0 Å². The fourth-order valence-electron chi connectivity index (χ4n) is 2.76. The number of H-pyrrole nitrogens is 1. The lowest BCUT2D eigenvalue weighted by Gasteiger charge is -2.09. The number of ether oxygens (including phenoxy) is 1. The van der Waals surface area contributed by atoms with Crippen molar-refractivity contribution in [3.63, 3.8) is 0 Å². The van der Waals surface area contributed by atoms with Gasteiger partial charge in [-0.2, -0.15) is 0 Å². The summed E-state index contributed by atoms with van der Waals surface area (Å²) in [6.45, 7) is 0. The van der Waals surface area contributed by atoms with E-state index in [1.54, 1.807) is 7.11 Å². The Balaban J connectivity index is 2.07. The fraction of sp³-hybridized carbons (Fsp3) is 0.0526. The fourth-order valence-corrected chi connectivity index (χ4v) is 2.76. The lowest BCUT2D eigenvalue weighted by atomic mass is 10.0. The molecule has 2 aromatic heterocycles. The summed E-state index contributed by atoms with van der Waals surface area (Å²) in [6, 6.07) is 20.0. The smallest absolute Gasteiger partial charge is 0.221 e. The number of methoxy groups -OCH3 is 1. The van der Waals surface area contributed by atoms with Crippen LogP contribution in [-0.4, -0.2) is 22.1 Å². The molecule has 0 aliphatic carbocycles. The zero-order valence-corrected chi connectivity index (χ0v) is 13.2. The van der Waals surface area contributed by atoms with Crippen LogP contribution >= 0.6 is 0 Å². The van der Waals surface area contributed by atoms with E-state index in [9.17, 15) is 0 Å². The molecule has 0 amide bonds. The monoisotopic (exact) mass is 316 g/mol. The molecular formula is C19H16N4O. The van der Waals surface area contributed by atoms with Crippen LogP contribution in [0.15, 0.2) is 60.7 Å². The zero-order chi connectivity index (χ0) is 16.5. The summed E-state index contributed by atoms with van der Waals surface area (Å²) in [7, 11) is 1.58. The van der Waals surface area contributed by atoms with Crippen molar-refractivity contribution >= 4 is 16.9 Å². The van der Waals surface area contributed by atoms with Crippen LogP contribution in [0, 0.1) is 0 Å². The minimum atomic E-state index is 0.450. The van der Waals surface area contributed by atoms with Gasteiger partial charge in [-0.25, -0.2) is 9.97 Å². The Morgan fingerprint density at radius 3 is 1.79 bits per heavy atom.